The Hall–Kier alpha value is -11.0. The highest BCUT2D eigenvalue weighted by Gasteiger charge is 2.16. The molecule has 0 aliphatic carbocycles. The molecule has 0 aromatic heterocycles. The van der Waals surface area contributed by atoms with E-state index in [4.69, 9.17) is 135 Å². The van der Waals surface area contributed by atoms with Crippen molar-refractivity contribution in [3.05, 3.63) is 266 Å². The van der Waals surface area contributed by atoms with Crippen molar-refractivity contribution in [1.29, 1.82) is 0 Å². The molecule has 20 nitrogen and oxygen atoms in total. The Morgan fingerprint density at radius 1 is 0.227 bits per heavy atom. The molecule has 5 N–H and O–H groups in total. The first-order valence-electron chi connectivity index (χ1n) is 64.7. The molecule has 0 amide bonds. The highest BCUT2D eigenvalue weighted by molar-refractivity contribution is 5.47. The minimum atomic E-state index is -3.07. The average molecular weight is 1810 g/mol. The summed E-state index contributed by atoms with van der Waals surface area (Å²) in [6.45, 7) is 12.1. The number of ether oxygens (including phenoxy) is 15. The first-order valence-corrected chi connectivity index (χ1v) is 41.2. The number of benzene rings is 10. The van der Waals surface area contributed by atoms with Crippen molar-refractivity contribution in [2.24, 2.45) is 0 Å². The molecule has 5 unspecified atom stereocenters. The SMILES string of the molecule is [2H]c1c([2H])c(C)c([2H])c(OCC(O)CCCCc2c([2H])c([2H])c(OC)c(OC([2H])([2H])[2H])c2[2H])c1[2H].[2H]c1c([2H])c(C)c([2H])c(OCC(O)CCCCc2c([2H])c([2H])c(OC)c(OC)c2[2H])c1[2H].[2H]c1c([2H])c(OCC(O)CCCCc2c([2H])c([2H])c(OC([2H])([2H])[2H])c(OC([2H])([2H])[2H])c2[2H])c([2H])c(C)c1C.[2H]c1c([2H])c(OCC(O)CCCCc2c([2H])c([2H])c(OC([2H])([2H])[2H])c(OC)c2[2H])c([2H])c(C)c1C.[2H]c1c([2H])c(OCC(O)CCCCc2c([2H])c([2H])c(OC)c(OC([2H])([2H])[2H])c2[2H])c([2H])c(C)c1C. The van der Waals surface area contributed by atoms with Crippen LogP contribution in [0.1, 0.15) is 233 Å². The number of methoxy groups -OCH3 is 10. The molecule has 10 aromatic rings. The van der Waals surface area contributed by atoms with Crippen molar-refractivity contribution in [1.82, 2.24) is 0 Å². The third-order valence-electron chi connectivity index (χ3n) is 18.8. The summed E-state index contributed by atoms with van der Waals surface area (Å²) >= 11 is 0. The number of hydrogen-bond donors (Lipinski definition) is 5. The van der Waals surface area contributed by atoms with Crippen molar-refractivity contribution in [2.45, 2.75) is 214 Å². The molecule has 0 fully saturated rings. The van der Waals surface area contributed by atoms with Gasteiger partial charge in [0.05, 0.1) is 166 Å². The van der Waals surface area contributed by atoms with E-state index in [1.165, 1.54) is 49.4 Å². The van der Waals surface area contributed by atoms with Crippen LogP contribution in [0.5, 0.6) is 86.2 Å². The van der Waals surface area contributed by atoms with Crippen LogP contribution in [0.2, 0.25) is 0 Å². The zero-order chi connectivity index (χ0) is 133. The zero-order valence-corrected chi connectivity index (χ0v) is 74.4. The summed E-state index contributed by atoms with van der Waals surface area (Å²) in [5.74, 6) is -3.93. The number of aliphatic hydroxyl groups is 5. The second-order valence-electron chi connectivity index (χ2n) is 28.9. The van der Waals surface area contributed by atoms with Crippen LogP contribution < -0.4 is 71.1 Å². The summed E-state index contributed by atoms with van der Waals surface area (Å²) in [6, 6.07) is -7.71. The van der Waals surface area contributed by atoms with E-state index < -0.39 is 119 Å². The summed E-state index contributed by atoms with van der Waals surface area (Å²) in [5, 5.41) is 51.3. The van der Waals surface area contributed by atoms with E-state index in [1.807, 2.05) is 0 Å². The fraction of sp³-hybridized carbons (Fsp3) is 0.444. The summed E-state index contributed by atoms with van der Waals surface area (Å²) < 4.78 is 444. The van der Waals surface area contributed by atoms with E-state index in [0.29, 0.717) is 129 Å². The van der Waals surface area contributed by atoms with E-state index in [2.05, 4.69) is 0 Å². The number of hydrogen-bond acceptors (Lipinski definition) is 20. The van der Waals surface area contributed by atoms with Gasteiger partial charge in [0.1, 0.15) is 61.8 Å². The molecule has 5 atom stereocenters. The van der Waals surface area contributed by atoms with Gasteiger partial charge in [-0.25, -0.2) is 0 Å². The largest absolute Gasteiger partial charge is 0.493 e. The van der Waals surface area contributed by atoms with Crippen LogP contribution in [0.3, 0.4) is 0 Å². The van der Waals surface area contributed by atoms with Crippen LogP contribution in [-0.4, -0.2) is 160 Å². The maximum atomic E-state index is 10.3. The Morgan fingerprint density at radius 2 is 0.438 bits per heavy atom. The molecule has 0 heterocycles. The average Bonchev–Trinajstić information content (AvgIpc) is 0.772. The predicted molar refractivity (Wildman–Crippen MR) is 513 cm³/mol. The smallest absolute Gasteiger partial charge is 0.160 e. The van der Waals surface area contributed by atoms with Gasteiger partial charge in [-0.3, -0.25) is 0 Å². The second kappa shape index (κ2) is 59.9. The maximum Gasteiger partial charge on any atom is 0.160 e. The Morgan fingerprint density at radius 3 is 0.664 bits per heavy atom. The van der Waals surface area contributed by atoms with Gasteiger partial charge in [-0.2, -0.15) is 0 Å². The van der Waals surface area contributed by atoms with E-state index in [-0.39, 0.29) is 332 Å². The lowest BCUT2D eigenvalue weighted by Crippen LogP contribution is -2.17. The molecular formula is C108H146O20. The normalized spacial score (nSPS) is 17.6. The van der Waals surface area contributed by atoms with Gasteiger partial charge in [0, 0.05) is 0 Å². The fourth-order valence-corrected chi connectivity index (χ4v) is 11.3. The van der Waals surface area contributed by atoms with Crippen LogP contribution in [0.25, 0.3) is 0 Å². The van der Waals surface area contributed by atoms with Gasteiger partial charge in [0.25, 0.3) is 0 Å². The standard InChI is InChI=1S/3C22H30O4.2C21H28O4/c3*1-16-9-11-20(13-17(16)2)26-15-19(23)8-6-5-7-18-10-12-21(24-3)22(14-18)25-4;2*1-16-7-6-10-19(13-16)25-15-18(22)9-5-4-8-17-11-12-20(23-2)21(14-17)24-3/h3*9-14,19,23H,5-8,15H2,1-4H3;2*6-7,10-14,18,22H,4-5,8-9,15H2,1-3H3/i3D3,4D3,9D,10D,11D,12D,13D,14D;4D3,9D,10D,11D,12D,13D,14D;3D3,9D,10D,11D,12D,13D,14D;3D3,6D,7D,10D,11D,12D,13D,14D;6D,7D,10D,11D,12D,13D,14D. The predicted octanol–water partition coefficient (Wildman–Crippen LogP) is 21.7. The molecule has 0 saturated heterocycles. The summed E-state index contributed by atoms with van der Waals surface area (Å²) in [4.78, 5) is 0. The highest BCUT2D eigenvalue weighted by Crippen LogP contribution is 2.34. The van der Waals surface area contributed by atoms with Crippen LogP contribution >= 0.6 is 0 Å². The van der Waals surface area contributed by atoms with Crippen LogP contribution in [-0.2, 0) is 32.1 Å². The van der Waals surface area contributed by atoms with Crippen molar-refractivity contribution in [2.75, 3.05) is 104 Å². The topological polar surface area (TPSA) is 240 Å². The van der Waals surface area contributed by atoms with Crippen LogP contribution in [0.4, 0.5) is 0 Å². The quantitative estimate of drug-likeness (QED) is 0.0223. The Balaban J connectivity index is 0.000000331. The molecule has 0 bridgehead atoms. The highest BCUT2D eigenvalue weighted by atomic mass is 16.5. The Kier molecular flexibility index (Phi) is 25.8. The summed E-state index contributed by atoms with van der Waals surface area (Å²) in [7, 11) is -8.33. The lowest BCUT2D eigenvalue weighted by atomic mass is 10.0. The monoisotopic (exact) mass is 1810 g/mol. The van der Waals surface area contributed by atoms with Crippen molar-refractivity contribution < 1.29 is 161 Å². The lowest BCUT2D eigenvalue weighted by Gasteiger charge is -2.13. The molecule has 10 rings (SSSR count). The van der Waals surface area contributed by atoms with Gasteiger partial charge in [0.2, 0.25) is 0 Å². The van der Waals surface area contributed by atoms with Gasteiger partial charge in [0.15, 0.2) is 57.5 Å². The van der Waals surface area contributed by atoms with E-state index >= 15 is 0 Å². The van der Waals surface area contributed by atoms with Crippen molar-refractivity contribution >= 4 is 0 Å². The molecule has 0 aliphatic heterocycles. The molecule has 0 spiro atoms. The lowest BCUT2D eigenvalue weighted by molar-refractivity contribution is 0.0975. The van der Waals surface area contributed by atoms with E-state index in [1.54, 1.807) is 41.5 Å². The van der Waals surface area contributed by atoms with Gasteiger partial charge in [-0.15, -0.1) is 0 Å². The summed E-state index contributed by atoms with van der Waals surface area (Å²) in [6.07, 6.45) is 2.29. The van der Waals surface area contributed by atoms with Crippen molar-refractivity contribution in [3.8, 4) is 86.2 Å². The Labute approximate surface area is 829 Å². The molecule has 0 aliphatic rings. The first-order chi connectivity index (χ1) is 81.0. The van der Waals surface area contributed by atoms with Gasteiger partial charge in [-0.05, 0) is 345 Å². The van der Waals surface area contributed by atoms with Crippen LogP contribution in [0.15, 0.2) is 193 Å². The zero-order valence-electron chi connectivity index (χ0n) is 121. The molecular weight excluding hydrogens is 1620 g/mol. The molecule has 10 aromatic carbocycles. The molecule has 0 radical (unpaired) electrons. The Bertz CT molecular complexity index is 7000. The fourth-order valence-electron chi connectivity index (χ4n) is 11.3. The molecule has 698 valence electrons. The number of rotatable bonds is 50. The van der Waals surface area contributed by atoms with Crippen LogP contribution in [0, 0.1) is 55.4 Å². The molecule has 20 heteroatoms. The minimum absolute atomic E-state index is 0.0135. The molecule has 0 saturated carbocycles. The van der Waals surface area contributed by atoms with Crippen molar-refractivity contribution in [3.63, 3.8) is 0 Å². The molecule has 128 heavy (non-hydrogen) atoms. The third kappa shape index (κ3) is 40.1. The minimum Gasteiger partial charge on any atom is -0.493 e. The van der Waals surface area contributed by atoms with E-state index in [9.17, 15) is 25.5 Å². The van der Waals surface area contributed by atoms with E-state index in [0.717, 1.165) is 0 Å². The van der Waals surface area contributed by atoms with Gasteiger partial charge < -0.3 is 96.6 Å². The first kappa shape index (κ1) is 55.1. The number of unbranched alkanes of at least 4 members (excludes halogenated alkanes) is 5. The number of aliphatic hydroxyl groups excluding tert-OH is 5. The summed E-state index contributed by atoms with van der Waals surface area (Å²) in [5.41, 5.74) is 4.50. The third-order valence-corrected chi connectivity index (χ3v) is 18.8. The van der Waals surface area contributed by atoms with Gasteiger partial charge >= 0.3 is 0 Å². The second-order valence-corrected chi connectivity index (χ2v) is 28.9. The van der Waals surface area contributed by atoms with Gasteiger partial charge in [-0.1, -0.05) is 105 Å². The maximum absolute atomic E-state index is 10.3.